The van der Waals surface area contributed by atoms with Gasteiger partial charge in [-0.2, -0.15) is 0 Å². The Bertz CT molecular complexity index is 919. The number of nitrogens with zero attached hydrogens (tertiary/aromatic N) is 1. The number of hydrogen-bond donors (Lipinski definition) is 1. The van der Waals surface area contributed by atoms with Gasteiger partial charge in [0.05, 0.1) is 15.9 Å². The fourth-order valence-electron chi connectivity index (χ4n) is 2.02. The number of aromatic nitrogens is 2. The topological polar surface area (TPSA) is 71.4 Å². The van der Waals surface area contributed by atoms with E-state index in [1.54, 1.807) is 28.8 Å². The average molecular weight is 262 g/mol. The van der Waals surface area contributed by atoms with Crippen LogP contribution in [0.25, 0.3) is 16.6 Å². The van der Waals surface area contributed by atoms with Crippen molar-refractivity contribution < 1.29 is 8.42 Å². The third-order valence-corrected chi connectivity index (χ3v) is 4.00. The van der Waals surface area contributed by atoms with E-state index < -0.39 is 9.84 Å². The van der Waals surface area contributed by atoms with E-state index in [-0.39, 0.29) is 10.5 Å². The maximum absolute atomic E-state index is 11.8. The Kier molecular flexibility index (Phi) is 2.12. The van der Waals surface area contributed by atoms with E-state index in [1.807, 2.05) is 0 Å². The van der Waals surface area contributed by atoms with E-state index in [2.05, 4.69) is 4.98 Å². The van der Waals surface area contributed by atoms with E-state index in [4.69, 9.17) is 0 Å². The van der Waals surface area contributed by atoms with Crippen LogP contribution >= 0.6 is 0 Å². The van der Waals surface area contributed by atoms with Crippen molar-refractivity contribution in [3.63, 3.8) is 0 Å². The first kappa shape index (κ1) is 11.0. The molecule has 1 N–H and O–H groups in total. The highest BCUT2D eigenvalue weighted by Crippen LogP contribution is 2.17. The Labute approximate surface area is 103 Å². The third-order valence-electron chi connectivity index (χ3n) is 2.89. The Morgan fingerprint density at radius 3 is 2.67 bits per heavy atom. The molecule has 1 aromatic carbocycles. The summed E-state index contributed by atoms with van der Waals surface area (Å²) in [5.41, 5.74) is 1.57. The predicted molar refractivity (Wildman–Crippen MR) is 68.6 cm³/mol. The molecule has 0 saturated carbocycles. The molecule has 0 atom stereocenters. The van der Waals surface area contributed by atoms with Gasteiger partial charge in [-0.15, -0.1) is 0 Å². The number of benzene rings is 1. The van der Waals surface area contributed by atoms with Crippen molar-refractivity contribution in [2.75, 3.05) is 6.26 Å². The normalized spacial score (nSPS) is 12.3. The third kappa shape index (κ3) is 1.53. The second-order valence-electron chi connectivity index (χ2n) is 4.17. The summed E-state index contributed by atoms with van der Waals surface area (Å²) in [6, 6.07) is 8.19. The van der Waals surface area contributed by atoms with Crippen LogP contribution in [0.1, 0.15) is 0 Å². The Morgan fingerprint density at radius 2 is 1.94 bits per heavy atom. The van der Waals surface area contributed by atoms with Crippen LogP contribution in [0.15, 0.2) is 46.2 Å². The largest absolute Gasteiger partial charge is 0.319 e. The quantitative estimate of drug-likeness (QED) is 0.716. The van der Waals surface area contributed by atoms with Crippen LogP contribution in [-0.2, 0) is 9.84 Å². The van der Waals surface area contributed by atoms with Crippen LogP contribution in [0.5, 0.6) is 0 Å². The van der Waals surface area contributed by atoms with E-state index in [0.29, 0.717) is 11.0 Å². The SMILES string of the molecule is CS(=O)(=O)c1ccc2c(c1)[nH]c(=O)c1cccn12. The molecule has 0 saturated heterocycles. The van der Waals surface area contributed by atoms with Gasteiger partial charge in [-0.1, -0.05) is 0 Å². The molecule has 0 aliphatic rings. The summed E-state index contributed by atoms with van der Waals surface area (Å²) in [6.07, 6.45) is 2.91. The smallest absolute Gasteiger partial charge is 0.272 e. The molecular formula is C12H10N2O3S. The molecule has 0 amide bonds. The van der Waals surface area contributed by atoms with Gasteiger partial charge in [0.1, 0.15) is 5.52 Å². The van der Waals surface area contributed by atoms with Gasteiger partial charge in [0.25, 0.3) is 5.56 Å². The lowest BCUT2D eigenvalue weighted by atomic mass is 10.3. The van der Waals surface area contributed by atoms with Gasteiger partial charge in [-0.05, 0) is 30.3 Å². The maximum Gasteiger partial charge on any atom is 0.272 e. The van der Waals surface area contributed by atoms with Crippen LogP contribution in [0, 0.1) is 0 Å². The molecule has 0 fully saturated rings. The van der Waals surface area contributed by atoms with Crippen molar-refractivity contribution in [3.8, 4) is 0 Å². The first-order valence-corrected chi connectivity index (χ1v) is 7.19. The van der Waals surface area contributed by atoms with Crippen molar-refractivity contribution in [3.05, 3.63) is 46.9 Å². The van der Waals surface area contributed by atoms with Gasteiger partial charge in [0, 0.05) is 12.5 Å². The molecule has 18 heavy (non-hydrogen) atoms. The van der Waals surface area contributed by atoms with E-state index in [0.717, 1.165) is 11.8 Å². The molecule has 0 aliphatic carbocycles. The fraction of sp³-hybridized carbons (Fsp3) is 0.0833. The fourth-order valence-corrected chi connectivity index (χ4v) is 2.67. The standard InChI is InChI=1S/C12H10N2O3S/c1-18(16,17)8-4-5-10-9(7-8)13-12(15)11-3-2-6-14(10)11/h2-7H,1H3,(H,13,15). The maximum atomic E-state index is 11.8. The van der Waals surface area contributed by atoms with Crippen LogP contribution < -0.4 is 5.56 Å². The van der Waals surface area contributed by atoms with Gasteiger partial charge >= 0.3 is 0 Å². The zero-order valence-electron chi connectivity index (χ0n) is 9.54. The molecule has 0 aliphatic heterocycles. The lowest BCUT2D eigenvalue weighted by Crippen LogP contribution is -2.10. The van der Waals surface area contributed by atoms with Crippen LogP contribution in [-0.4, -0.2) is 24.1 Å². The Hall–Kier alpha value is -2.08. The number of fused-ring (bicyclic) bond motifs is 3. The summed E-state index contributed by atoms with van der Waals surface area (Å²) in [5.74, 6) is 0. The summed E-state index contributed by atoms with van der Waals surface area (Å²) in [7, 11) is -3.28. The molecule has 0 radical (unpaired) electrons. The van der Waals surface area contributed by atoms with Gasteiger partial charge in [0.15, 0.2) is 9.84 Å². The molecule has 0 bridgehead atoms. The minimum atomic E-state index is -3.28. The van der Waals surface area contributed by atoms with Gasteiger partial charge in [-0.3, -0.25) is 4.79 Å². The molecule has 92 valence electrons. The zero-order valence-corrected chi connectivity index (χ0v) is 10.4. The lowest BCUT2D eigenvalue weighted by molar-refractivity contribution is 0.602. The molecular weight excluding hydrogens is 252 g/mol. The van der Waals surface area contributed by atoms with Crippen LogP contribution in [0.3, 0.4) is 0 Å². The Balaban J connectivity index is 2.50. The van der Waals surface area contributed by atoms with E-state index >= 15 is 0 Å². The zero-order chi connectivity index (χ0) is 12.9. The summed E-state index contributed by atoms with van der Waals surface area (Å²) >= 11 is 0. The average Bonchev–Trinajstić information content (AvgIpc) is 2.77. The van der Waals surface area contributed by atoms with Crippen molar-refractivity contribution in [2.45, 2.75) is 4.90 Å². The molecule has 5 nitrogen and oxygen atoms in total. The lowest BCUT2D eigenvalue weighted by Gasteiger charge is -2.04. The molecule has 0 unspecified atom stereocenters. The number of aromatic amines is 1. The molecule has 3 rings (SSSR count). The monoisotopic (exact) mass is 262 g/mol. The summed E-state index contributed by atoms with van der Waals surface area (Å²) in [6.45, 7) is 0. The highest BCUT2D eigenvalue weighted by molar-refractivity contribution is 7.90. The summed E-state index contributed by atoms with van der Waals surface area (Å²) in [5, 5.41) is 0. The van der Waals surface area contributed by atoms with Crippen molar-refractivity contribution in [2.24, 2.45) is 0 Å². The van der Waals surface area contributed by atoms with E-state index in [9.17, 15) is 13.2 Å². The highest BCUT2D eigenvalue weighted by atomic mass is 32.2. The van der Waals surface area contributed by atoms with Gasteiger partial charge in [-0.25, -0.2) is 8.42 Å². The molecule has 3 aromatic rings. The molecule has 2 heterocycles. The minimum Gasteiger partial charge on any atom is -0.319 e. The molecule has 0 spiro atoms. The van der Waals surface area contributed by atoms with E-state index in [1.165, 1.54) is 12.1 Å². The Morgan fingerprint density at radius 1 is 1.17 bits per heavy atom. The van der Waals surface area contributed by atoms with Crippen molar-refractivity contribution in [1.29, 1.82) is 0 Å². The number of H-pyrrole nitrogens is 1. The van der Waals surface area contributed by atoms with Crippen molar-refractivity contribution >= 4 is 26.4 Å². The number of nitrogens with one attached hydrogen (secondary N) is 1. The number of hydrogen-bond acceptors (Lipinski definition) is 3. The van der Waals surface area contributed by atoms with Crippen LogP contribution in [0.2, 0.25) is 0 Å². The highest BCUT2D eigenvalue weighted by Gasteiger charge is 2.10. The van der Waals surface area contributed by atoms with Crippen molar-refractivity contribution in [1.82, 2.24) is 9.38 Å². The second-order valence-corrected chi connectivity index (χ2v) is 6.18. The van der Waals surface area contributed by atoms with Gasteiger partial charge in [0.2, 0.25) is 0 Å². The summed E-state index contributed by atoms with van der Waals surface area (Å²) < 4.78 is 24.7. The predicted octanol–water partition coefficient (Wildman–Crippen LogP) is 1.18. The first-order valence-electron chi connectivity index (χ1n) is 5.30. The number of rotatable bonds is 1. The first-order chi connectivity index (χ1) is 8.47. The van der Waals surface area contributed by atoms with Crippen LogP contribution in [0.4, 0.5) is 0 Å². The second kappa shape index (κ2) is 3.46. The minimum absolute atomic E-state index is 0.192. The summed E-state index contributed by atoms with van der Waals surface area (Å²) in [4.78, 5) is 14.7. The molecule has 6 heteroatoms. The van der Waals surface area contributed by atoms with Gasteiger partial charge < -0.3 is 9.38 Å². The number of sulfone groups is 1. The molecule has 2 aromatic heterocycles.